The molecule has 1 aromatic carbocycles. The van der Waals surface area contributed by atoms with Crippen molar-refractivity contribution < 1.29 is 18.7 Å². The van der Waals surface area contributed by atoms with E-state index in [1.165, 1.54) is 34.4 Å². The molecule has 0 spiro atoms. The molecule has 0 saturated carbocycles. The minimum Gasteiger partial charge on any atom is -0.482 e. The summed E-state index contributed by atoms with van der Waals surface area (Å²) in [7, 11) is 0. The van der Waals surface area contributed by atoms with Crippen molar-refractivity contribution in [2.45, 2.75) is 6.92 Å². The van der Waals surface area contributed by atoms with Gasteiger partial charge in [0, 0.05) is 17.1 Å². The van der Waals surface area contributed by atoms with Crippen LogP contribution in [0.4, 0.5) is 15.2 Å². The number of fused-ring (bicyclic) bond motifs is 1. The smallest absolute Gasteiger partial charge is 0.265 e. The van der Waals surface area contributed by atoms with Crippen LogP contribution in [0, 0.1) is 12.7 Å². The number of anilines is 2. The average Bonchev–Trinajstić information content (AvgIpc) is 2.87. The van der Waals surface area contributed by atoms with E-state index < -0.39 is 17.6 Å². The fourth-order valence-corrected chi connectivity index (χ4v) is 2.74. The van der Waals surface area contributed by atoms with E-state index in [9.17, 15) is 14.0 Å². The van der Waals surface area contributed by atoms with E-state index in [1.54, 1.807) is 6.20 Å². The zero-order chi connectivity index (χ0) is 15.7. The van der Waals surface area contributed by atoms with Gasteiger partial charge in [0.15, 0.2) is 11.7 Å². The molecule has 3 rings (SSSR count). The van der Waals surface area contributed by atoms with E-state index in [-0.39, 0.29) is 18.8 Å². The zero-order valence-corrected chi connectivity index (χ0v) is 12.4. The van der Waals surface area contributed by atoms with Gasteiger partial charge >= 0.3 is 0 Å². The van der Waals surface area contributed by atoms with E-state index in [2.05, 4.69) is 10.3 Å². The van der Waals surface area contributed by atoms with E-state index in [4.69, 9.17) is 4.74 Å². The average molecular weight is 321 g/mol. The third kappa shape index (κ3) is 2.91. The van der Waals surface area contributed by atoms with Gasteiger partial charge in [-0.1, -0.05) is 0 Å². The first-order chi connectivity index (χ1) is 10.5. The monoisotopic (exact) mass is 321 g/mol. The first kappa shape index (κ1) is 14.5. The molecule has 0 saturated heterocycles. The molecule has 0 atom stereocenters. The van der Waals surface area contributed by atoms with Crippen molar-refractivity contribution in [3.63, 3.8) is 0 Å². The van der Waals surface area contributed by atoms with Crippen molar-refractivity contribution in [2.24, 2.45) is 0 Å². The number of amides is 2. The molecule has 1 N–H and O–H groups in total. The molecule has 2 heterocycles. The maximum Gasteiger partial charge on any atom is 0.265 e. The Labute approximate surface area is 129 Å². The SMILES string of the molecule is Cc1cnc(NC(=O)CN2C(=O)COc3ccc(F)cc32)s1. The van der Waals surface area contributed by atoms with E-state index in [0.29, 0.717) is 10.9 Å². The zero-order valence-electron chi connectivity index (χ0n) is 11.6. The molecule has 22 heavy (non-hydrogen) atoms. The lowest BCUT2D eigenvalue weighted by Gasteiger charge is -2.28. The highest BCUT2D eigenvalue weighted by Gasteiger charge is 2.28. The number of ether oxygens (including phenoxy) is 1. The molecule has 1 aromatic heterocycles. The highest BCUT2D eigenvalue weighted by molar-refractivity contribution is 7.15. The molecule has 2 amide bonds. The molecule has 2 aromatic rings. The summed E-state index contributed by atoms with van der Waals surface area (Å²) in [5, 5.41) is 3.08. The molecule has 0 bridgehead atoms. The van der Waals surface area contributed by atoms with Gasteiger partial charge < -0.3 is 10.1 Å². The number of benzene rings is 1. The molecule has 1 aliphatic rings. The molecular weight excluding hydrogens is 309 g/mol. The number of rotatable bonds is 3. The van der Waals surface area contributed by atoms with Gasteiger partial charge in [-0.3, -0.25) is 14.5 Å². The molecule has 0 radical (unpaired) electrons. The summed E-state index contributed by atoms with van der Waals surface area (Å²) in [6.45, 7) is 1.47. The molecular formula is C14H12FN3O3S. The summed E-state index contributed by atoms with van der Waals surface area (Å²) >= 11 is 1.34. The highest BCUT2D eigenvalue weighted by atomic mass is 32.1. The predicted molar refractivity (Wildman–Crippen MR) is 79.7 cm³/mol. The van der Waals surface area contributed by atoms with Crippen molar-refractivity contribution >= 4 is 34.0 Å². The number of aryl methyl sites for hydroxylation is 1. The lowest BCUT2D eigenvalue weighted by molar-refractivity contribution is -0.123. The van der Waals surface area contributed by atoms with E-state index >= 15 is 0 Å². The quantitative estimate of drug-likeness (QED) is 0.938. The molecule has 0 aliphatic carbocycles. The first-order valence-electron chi connectivity index (χ1n) is 6.48. The van der Waals surface area contributed by atoms with Crippen molar-refractivity contribution in [3.8, 4) is 5.75 Å². The number of nitrogens with zero attached hydrogens (tertiary/aromatic N) is 2. The van der Waals surface area contributed by atoms with Gasteiger partial charge in [0.05, 0.1) is 5.69 Å². The van der Waals surface area contributed by atoms with Crippen LogP contribution in [0.25, 0.3) is 0 Å². The minimum atomic E-state index is -0.502. The Morgan fingerprint density at radius 3 is 3.09 bits per heavy atom. The van der Waals surface area contributed by atoms with Crippen LogP contribution >= 0.6 is 11.3 Å². The summed E-state index contributed by atoms with van der Waals surface area (Å²) < 4.78 is 18.6. The molecule has 6 nitrogen and oxygen atoms in total. The standard InChI is InChI=1S/C14H12FN3O3S/c1-8-5-16-14(22-8)17-12(19)6-18-10-4-9(15)2-3-11(10)21-7-13(18)20/h2-5H,6-7H2,1H3,(H,16,17,19). The van der Waals surface area contributed by atoms with Gasteiger partial charge in [0.25, 0.3) is 5.91 Å². The Morgan fingerprint density at radius 2 is 2.36 bits per heavy atom. The van der Waals surface area contributed by atoms with E-state index in [0.717, 1.165) is 4.88 Å². The number of hydrogen-bond donors (Lipinski definition) is 1. The predicted octanol–water partition coefficient (Wildman–Crippen LogP) is 1.95. The largest absolute Gasteiger partial charge is 0.482 e. The van der Waals surface area contributed by atoms with Crippen LogP contribution in [-0.4, -0.2) is 29.9 Å². The third-order valence-corrected chi connectivity index (χ3v) is 3.86. The highest BCUT2D eigenvalue weighted by Crippen LogP contribution is 2.32. The molecule has 114 valence electrons. The number of thiazole rings is 1. The van der Waals surface area contributed by atoms with Crippen LogP contribution in [0.5, 0.6) is 5.75 Å². The molecule has 1 aliphatic heterocycles. The van der Waals surface area contributed by atoms with Crippen LogP contribution in [0.1, 0.15) is 4.88 Å². The molecule has 0 fully saturated rings. The lowest BCUT2D eigenvalue weighted by atomic mass is 10.2. The molecule has 0 unspecified atom stereocenters. The Balaban J connectivity index is 1.78. The minimum absolute atomic E-state index is 0.178. The Kier molecular flexibility index (Phi) is 3.76. The van der Waals surface area contributed by atoms with Crippen molar-refractivity contribution in [1.29, 1.82) is 0 Å². The van der Waals surface area contributed by atoms with Crippen molar-refractivity contribution in [2.75, 3.05) is 23.4 Å². The maximum atomic E-state index is 13.4. The summed E-state index contributed by atoms with van der Waals surface area (Å²) in [6.07, 6.45) is 1.64. The summed E-state index contributed by atoms with van der Waals surface area (Å²) in [4.78, 5) is 30.2. The second-order valence-corrected chi connectivity index (χ2v) is 5.94. The lowest BCUT2D eigenvalue weighted by Crippen LogP contribution is -2.43. The van der Waals surface area contributed by atoms with Gasteiger partial charge in [-0.05, 0) is 19.1 Å². The number of nitrogens with one attached hydrogen (secondary N) is 1. The summed E-state index contributed by atoms with van der Waals surface area (Å²) in [6, 6.07) is 3.85. The fraction of sp³-hybridized carbons (Fsp3) is 0.214. The van der Waals surface area contributed by atoms with E-state index in [1.807, 2.05) is 6.92 Å². The van der Waals surface area contributed by atoms with Gasteiger partial charge in [-0.2, -0.15) is 0 Å². The number of halogens is 1. The maximum absolute atomic E-state index is 13.4. The summed E-state index contributed by atoms with van der Waals surface area (Å²) in [5.74, 6) is -0.930. The van der Waals surface area contributed by atoms with Gasteiger partial charge in [-0.25, -0.2) is 9.37 Å². The third-order valence-electron chi connectivity index (χ3n) is 3.03. The second kappa shape index (κ2) is 5.72. The molecule has 8 heteroatoms. The van der Waals surface area contributed by atoms with Gasteiger partial charge in [-0.15, -0.1) is 11.3 Å². The number of aromatic nitrogens is 1. The van der Waals surface area contributed by atoms with Crippen LogP contribution in [-0.2, 0) is 9.59 Å². The number of carbonyl (C=O) groups is 2. The second-order valence-electron chi connectivity index (χ2n) is 4.70. The Bertz CT molecular complexity index is 747. The van der Waals surface area contributed by atoms with Gasteiger partial charge in [0.1, 0.15) is 18.1 Å². The van der Waals surface area contributed by atoms with Crippen molar-refractivity contribution in [1.82, 2.24) is 4.98 Å². The number of carbonyl (C=O) groups excluding carboxylic acids is 2. The van der Waals surface area contributed by atoms with Crippen molar-refractivity contribution in [3.05, 3.63) is 35.1 Å². The normalized spacial score (nSPS) is 13.5. The summed E-state index contributed by atoms with van der Waals surface area (Å²) in [5.41, 5.74) is 0.252. The van der Waals surface area contributed by atoms with Crippen LogP contribution < -0.4 is 15.0 Å². The Hall–Kier alpha value is -2.48. The topological polar surface area (TPSA) is 71.5 Å². The first-order valence-corrected chi connectivity index (χ1v) is 7.29. The van der Waals surface area contributed by atoms with Crippen LogP contribution in [0.2, 0.25) is 0 Å². The van der Waals surface area contributed by atoms with Crippen LogP contribution in [0.3, 0.4) is 0 Å². The fourth-order valence-electron chi connectivity index (χ4n) is 2.06. The van der Waals surface area contributed by atoms with Crippen LogP contribution in [0.15, 0.2) is 24.4 Å². The Morgan fingerprint density at radius 1 is 1.55 bits per heavy atom. The number of hydrogen-bond acceptors (Lipinski definition) is 5. The van der Waals surface area contributed by atoms with Gasteiger partial charge in [0.2, 0.25) is 5.91 Å².